The van der Waals surface area contributed by atoms with Gasteiger partial charge in [-0.05, 0) is 13.3 Å². The Morgan fingerprint density at radius 1 is 1.35 bits per heavy atom. The molecule has 5 heteroatoms. The van der Waals surface area contributed by atoms with Gasteiger partial charge >= 0.3 is 0 Å². The second-order valence-electron chi connectivity index (χ2n) is 3.99. The lowest BCUT2D eigenvalue weighted by molar-refractivity contribution is 0.1000. The number of primary amides is 1. The number of amides is 1. The molecule has 96 valence electrons. The number of hydrogen-bond acceptors (Lipinski definition) is 4. The molecule has 17 heavy (non-hydrogen) atoms. The van der Waals surface area contributed by atoms with Gasteiger partial charge < -0.3 is 10.5 Å². The zero-order valence-corrected chi connectivity index (χ0v) is 11.3. The summed E-state index contributed by atoms with van der Waals surface area (Å²) in [6, 6.07) is 0. The van der Waals surface area contributed by atoms with E-state index in [9.17, 15) is 4.79 Å². The highest BCUT2D eigenvalue weighted by Crippen LogP contribution is 2.24. The van der Waals surface area contributed by atoms with Crippen molar-refractivity contribution < 1.29 is 9.53 Å². The first-order chi connectivity index (χ1) is 8.15. The molecule has 0 aromatic carbocycles. The van der Waals surface area contributed by atoms with Crippen molar-refractivity contribution in [3.05, 3.63) is 9.88 Å². The molecule has 0 spiro atoms. The molecule has 0 aliphatic carbocycles. The van der Waals surface area contributed by atoms with Crippen LogP contribution in [0.4, 0.5) is 0 Å². The van der Waals surface area contributed by atoms with E-state index in [4.69, 9.17) is 10.5 Å². The summed E-state index contributed by atoms with van der Waals surface area (Å²) in [6.45, 7) is 4.63. The van der Waals surface area contributed by atoms with E-state index in [2.05, 4.69) is 11.9 Å². The smallest absolute Gasteiger partial charge is 0.264 e. The lowest BCUT2D eigenvalue weighted by atomic mass is 10.2. The fourth-order valence-corrected chi connectivity index (χ4v) is 2.25. The number of nitrogens with two attached hydrogens (primary N) is 1. The first-order valence-electron chi connectivity index (χ1n) is 6.05. The summed E-state index contributed by atoms with van der Waals surface area (Å²) in [6.07, 6.45) is 5.89. The second-order valence-corrected chi connectivity index (χ2v) is 5.20. The van der Waals surface area contributed by atoms with Crippen molar-refractivity contribution in [3.8, 4) is 5.88 Å². The number of carbonyl (C=O) groups is 1. The van der Waals surface area contributed by atoms with Gasteiger partial charge in [0.1, 0.15) is 0 Å². The summed E-state index contributed by atoms with van der Waals surface area (Å²) in [5, 5.41) is 0.805. The molecule has 0 aliphatic rings. The van der Waals surface area contributed by atoms with Gasteiger partial charge in [0.05, 0.1) is 11.6 Å². The molecule has 0 saturated carbocycles. The molecule has 1 aromatic rings. The van der Waals surface area contributed by atoms with Gasteiger partial charge in [-0.1, -0.05) is 32.6 Å². The van der Waals surface area contributed by atoms with Crippen molar-refractivity contribution in [1.29, 1.82) is 0 Å². The zero-order valence-electron chi connectivity index (χ0n) is 10.5. The quantitative estimate of drug-likeness (QED) is 0.727. The van der Waals surface area contributed by atoms with E-state index >= 15 is 0 Å². The molecule has 1 amide bonds. The Labute approximate surface area is 106 Å². The van der Waals surface area contributed by atoms with Gasteiger partial charge in [0.25, 0.3) is 5.91 Å². The Morgan fingerprint density at radius 2 is 2.06 bits per heavy atom. The van der Waals surface area contributed by atoms with Crippen LogP contribution >= 0.6 is 11.3 Å². The van der Waals surface area contributed by atoms with Gasteiger partial charge in [-0.2, -0.15) is 0 Å². The predicted molar refractivity (Wildman–Crippen MR) is 69.6 cm³/mol. The van der Waals surface area contributed by atoms with Gasteiger partial charge in [-0.15, -0.1) is 11.3 Å². The second kappa shape index (κ2) is 7.27. The maximum Gasteiger partial charge on any atom is 0.264 e. The van der Waals surface area contributed by atoms with Crippen molar-refractivity contribution in [3.63, 3.8) is 0 Å². The van der Waals surface area contributed by atoms with Crippen molar-refractivity contribution in [2.75, 3.05) is 6.61 Å². The van der Waals surface area contributed by atoms with Crippen LogP contribution < -0.4 is 10.5 Å². The van der Waals surface area contributed by atoms with Crippen LogP contribution in [-0.4, -0.2) is 17.5 Å². The summed E-state index contributed by atoms with van der Waals surface area (Å²) in [4.78, 5) is 15.7. The molecular weight excluding hydrogens is 236 g/mol. The fourth-order valence-electron chi connectivity index (χ4n) is 1.54. The summed E-state index contributed by atoms with van der Waals surface area (Å²) >= 11 is 1.28. The van der Waals surface area contributed by atoms with E-state index in [1.807, 2.05) is 6.92 Å². The predicted octanol–water partition coefficient (Wildman–Crippen LogP) is 2.90. The van der Waals surface area contributed by atoms with Crippen LogP contribution in [0.5, 0.6) is 5.88 Å². The third kappa shape index (κ3) is 4.73. The highest BCUT2D eigenvalue weighted by Gasteiger charge is 2.15. The number of aryl methyl sites for hydroxylation is 1. The molecule has 0 fully saturated rings. The molecule has 0 atom stereocenters. The van der Waals surface area contributed by atoms with Crippen molar-refractivity contribution in [2.24, 2.45) is 5.73 Å². The largest absolute Gasteiger partial charge is 0.476 e. The first-order valence-corrected chi connectivity index (χ1v) is 6.86. The molecule has 1 rings (SSSR count). The molecule has 0 saturated heterocycles. The maximum absolute atomic E-state index is 11.1. The van der Waals surface area contributed by atoms with Crippen LogP contribution in [0.1, 0.15) is 53.7 Å². The van der Waals surface area contributed by atoms with E-state index in [-0.39, 0.29) is 0 Å². The summed E-state index contributed by atoms with van der Waals surface area (Å²) in [7, 11) is 0. The van der Waals surface area contributed by atoms with Crippen molar-refractivity contribution in [2.45, 2.75) is 46.0 Å². The molecule has 4 nitrogen and oxygen atoms in total. The maximum atomic E-state index is 11.1. The van der Waals surface area contributed by atoms with Gasteiger partial charge in [0, 0.05) is 0 Å². The van der Waals surface area contributed by atoms with Crippen LogP contribution in [0.15, 0.2) is 0 Å². The first kappa shape index (κ1) is 14.0. The minimum absolute atomic E-state index is 0.399. The zero-order chi connectivity index (χ0) is 12.7. The van der Waals surface area contributed by atoms with Crippen LogP contribution in [0.25, 0.3) is 0 Å². The number of unbranched alkanes of at least 4 members (excludes halogenated alkanes) is 4. The molecule has 0 radical (unpaired) electrons. The van der Waals surface area contributed by atoms with Gasteiger partial charge in [0.2, 0.25) is 5.88 Å². The Kier molecular flexibility index (Phi) is 5.97. The Balaban J connectivity index is 2.33. The molecule has 0 bridgehead atoms. The number of ether oxygens (including phenoxy) is 1. The van der Waals surface area contributed by atoms with Crippen LogP contribution in [0.2, 0.25) is 0 Å². The van der Waals surface area contributed by atoms with E-state index in [0.29, 0.717) is 17.4 Å². The topological polar surface area (TPSA) is 65.2 Å². The fraction of sp³-hybridized carbons (Fsp3) is 0.667. The summed E-state index contributed by atoms with van der Waals surface area (Å²) < 4.78 is 5.50. The molecule has 1 aromatic heterocycles. The Hall–Kier alpha value is -1.10. The lowest BCUT2D eigenvalue weighted by Gasteiger charge is -2.03. The third-order valence-corrected chi connectivity index (χ3v) is 3.38. The van der Waals surface area contributed by atoms with E-state index < -0.39 is 5.91 Å². The van der Waals surface area contributed by atoms with Gasteiger partial charge in [-0.25, -0.2) is 4.98 Å². The number of hydrogen-bond donors (Lipinski definition) is 1. The average molecular weight is 256 g/mol. The van der Waals surface area contributed by atoms with E-state index in [1.165, 1.54) is 30.6 Å². The monoisotopic (exact) mass is 256 g/mol. The number of aromatic nitrogens is 1. The third-order valence-electron chi connectivity index (χ3n) is 2.41. The standard InChI is InChI=1S/C12H20N2O2S/c1-3-4-5-6-7-8-16-12-10(11(13)15)17-9(2)14-12/h3-8H2,1-2H3,(H2,13,15). The average Bonchev–Trinajstić information content (AvgIpc) is 2.65. The number of nitrogens with zero attached hydrogens (tertiary/aromatic N) is 1. The van der Waals surface area contributed by atoms with Crippen molar-refractivity contribution in [1.82, 2.24) is 4.98 Å². The Bertz CT molecular complexity index is 363. The summed E-state index contributed by atoms with van der Waals surface area (Å²) in [5.41, 5.74) is 5.25. The number of thiazole rings is 1. The lowest BCUT2D eigenvalue weighted by Crippen LogP contribution is -2.11. The van der Waals surface area contributed by atoms with Gasteiger partial charge in [0.15, 0.2) is 4.88 Å². The molecule has 1 heterocycles. The normalized spacial score (nSPS) is 10.5. The minimum Gasteiger partial charge on any atom is -0.476 e. The molecule has 0 unspecified atom stereocenters. The molecular formula is C12H20N2O2S. The number of carbonyl (C=O) groups excluding carboxylic acids is 1. The van der Waals surface area contributed by atoms with E-state index in [0.717, 1.165) is 17.8 Å². The van der Waals surface area contributed by atoms with Crippen LogP contribution in [-0.2, 0) is 0 Å². The Morgan fingerprint density at radius 3 is 2.71 bits per heavy atom. The molecule has 2 N–H and O–H groups in total. The highest BCUT2D eigenvalue weighted by molar-refractivity contribution is 7.13. The molecule has 0 aliphatic heterocycles. The SMILES string of the molecule is CCCCCCCOc1nc(C)sc1C(N)=O. The van der Waals surface area contributed by atoms with Crippen molar-refractivity contribution >= 4 is 17.2 Å². The summed E-state index contributed by atoms with van der Waals surface area (Å²) in [5.74, 6) is -0.0629. The van der Waals surface area contributed by atoms with Crippen LogP contribution in [0.3, 0.4) is 0 Å². The van der Waals surface area contributed by atoms with Crippen LogP contribution in [0, 0.1) is 6.92 Å². The minimum atomic E-state index is -0.461. The van der Waals surface area contributed by atoms with Gasteiger partial charge in [-0.3, -0.25) is 4.79 Å². The highest BCUT2D eigenvalue weighted by atomic mass is 32.1. The van der Waals surface area contributed by atoms with E-state index in [1.54, 1.807) is 0 Å². The number of rotatable bonds is 8.